The molecule has 3 N–H and O–H groups in total. The van der Waals surface area contributed by atoms with Crippen LogP contribution in [0.3, 0.4) is 0 Å². The molecule has 170 valence electrons. The molecular weight excluding hydrogens is 430 g/mol. The van der Waals surface area contributed by atoms with Gasteiger partial charge >= 0.3 is 5.97 Å². The second kappa shape index (κ2) is 10.2. The first kappa shape index (κ1) is 23.2. The number of para-hydroxylation sites is 2. The number of thiocarbonyl (C=S) groups is 1. The van der Waals surface area contributed by atoms with Crippen molar-refractivity contribution in [3.8, 4) is 17.2 Å². The first-order valence-corrected chi connectivity index (χ1v) is 10.5. The maximum atomic E-state index is 11.6. The highest BCUT2D eigenvalue weighted by atomic mass is 32.1. The third-order valence-corrected chi connectivity index (χ3v) is 4.64. The molecule has 9 heteroatoms. The van der Waals surface area contributed by atoms with E-state index in [4.69, 9.17) is 31.2 Å². The molecule has 2 aromatic rings. The Labute approximate surface area is 192 Å². The van der Waals surface area contributed by atoms with E-state index in [1.807, 2.05) is 44.2 Å². The maximum absolute atomic E-state index is 11.6. The summed E-state index contributed by atoms with van der Waals surface area (Å²) >= 11 is 5.41. The normalized spacial score (nSPS) is 13.6. The number of hydrogen-bond donors (Lipinski definition) is 3. The number of esters is 1. The van der Waals surface area contributed by atoms with Crippen molar-refractivity contribution in [1.82, 2.24) is 10.9 Å². The third-order valence-electron chi connectivity index (χ3n) is 4.43. The summed E-state index contributed by atoms with van der Waals surface area (Å²) in [6.45, 7) is 5.79. The molecule has 0 amide bonds. The van der Waals surface area contributed by atoms with Crippen LogP contribution >= 0.6 is 12.2 Å². The summed E-state index contributed by atoms with van der Waals surface area (Å²) in [6.07, 6.45) is 1.93. The average molecular weight is 458 g/mol. The lowest BCUT2D eigenvalue weighted by atomic mass is 9.99. The summed E-state index contributed by atoms with van der Waals surface area (Å²) in [6, 6.07) is 12.8. The molecule has 0 unspecified atom stereocenters. The van der Waals surface area contributed by atoms with E-state index in [1.165, 1.54) is 0 Å². The van der Waals surface area contributed by atoms with E-state index in [2.05, 4.69) is 16.2 Å². The molecular formula is C23H27N3O5S. The fourth-order valence-corrected chi connectivity index (χ4v) is 3.27. The van der Waals surface area contributed by atoms with Gasteiger partial charge < -0.3 is 24.3 Å². The van der Waals surface area contributed by atoms with Gasteiger partial charge in [0.25, 0.3) is 0 Å². The molecule has 1 heterocycles. The van der Waals surface area contributed by atoms with Gasteiger partial charge in [0.15, 0.2) is 11.7 Å². The van der Waals surface area contributed by atoms with Gasteiger partial charge in [-0.2, -0.15) is 0 Å². The molecule has 8 nitrogen and oxygen atoms in total. The number of hydrazine groups is 1. The van der Waals surface area contributed by atoms with Crippen LogP contribution in [0.5, 0.6) is 17.2 Å². The molecule has 1 aliphatic rings. The molecule has 3 rings (SSSR count). The topological polar surface area (TPSA) is 90.1 Å². The van der Waals surface area contributed by atoms with Crippen molar-refractivity contribution in [3.63, 3.8) is 0 Å². The van der Waals surface area contributed by atoms with Crippen molar-refractivity contribution in [3.05, 3.63) is 54.1 Å². The SMILES string of the molecule is CCOC(=O)COc1ccc2c(c1)C(NNC(=S)Nc1ccccc1OC)=CC(C)(C)O2. The Morgan fingerprint density at radius 2 is 1.97 bits per heavy atom. The van der Waals surface area contributed by atoms with Gasteiger partial charge in [-0.05, 0) is 69.4 Å². The van der Waals surface area contributed by atoms with Gasteiger partial charge in [0, 0.05) is 5.56 Å². The predicted molar refractivity (Wildman–Crippen MR) is 127 cm³/mol. The number of fused-ring (bicyclic) bond motifs is 1. The summed E-state index contributed by atoms with van der Waals surface area (Å²) in [7, 11) is 1.60. The van der Waals surface area contributed by atoms with Gasteiger partial charge in [-0.3, -0.25) is 10.9 Å². The minimum Gasteiger partial charge on any atom is -0.495 e. The van der Waals surface area contributed by atoms with Crippen LogP contribution in [-0.4, -0.2) is 37.0 Å². The molecule has 0 spiro atoms. The zero-order valence-electron chi connectivity index (χ0n) is 18.5. The maximum Gasteiger partial charge on any atom is 0.344 e. The lowest BCUT2D eigenvalue weighted by Crippen LogP contribution is -2.41. The second-order valence-corrected chi connectivity index (χ2v) is 7.83. The lowest BCUT2D eigenvalue weighted by Gasteiger charge is -2.31. The van der Waals surface area contributed by atoms with E-state index in [0.717, 1.165) is 16.9 Å². The van der Waals surface area contributed by atoms with E-state index in [-0.39, 0.29) is 6.61 Å². The van der Waals surface area contributed by atoms with Crippen molar-refractivity contribution >= 4 is 34.7 Å². The zero-order valence-corrected chi connectivity index (χ0v) is 19.3. The second-order valence-electron chi connectivity index (χ2n) is 7.42. The minimum atomic E-state index is -0.540. The summed E-state index contributed by atoms with van der Waals surface area (Å²) in [5.74, 6) is 1.44. The highest BCUT2D eigenvalue weighted by Gasteiger charge is 2.27. The van der Waals surface area contributed by atoms with Crippen LogP contribution in [0.2, 0.25) is 0 Å². The molecule has 2 aromatic carbocycles. The first-order valence-electron chi connectivity index (χ1n) is 10.1. The Morgan fingerprint density at radius 1 is 1.19 bits per heavy atom. The minimum absolute atomic E-state index is 0.170. The lowest BCUT2D eigenvalue weighted by molar-refractivity contribution is -0.145. The number of hydrogen-bond acceptors (Lipinski definition) is 7. The Morgan fingerprint density at radius 3 is 2.72 bits per heavy atom. The van der Waals surface area contributed by atoms with E-state index in [0.29, 0.717) is 29.0 Å². The van der Waals surface area contributed by atoms with Crippen LogP contribution in [0.25, 0.3) is 5.70 Å². The van der Waals surface area contributed by atoms with Crippen LogP contribution < -0.4 is 30.4 Å². The average Bonchev–Trinajstić information content (AvgIpc) is 2.76. The van der Waals surface area contributed by atoms with Gasteiger partial charge in [-0.25, -0.2) is 4.79 Å². The number of methoxy groups -OCH3 is 1. The molecule has 0 saturated carbocycles. The number of benzene rings is 2. The monoisotopic (exact) mass is 457 g/mol. The molecule has 0 atom stereocenters. The fourth-order valence-electron chi connectivity index (χ4n) is 3.11. The number of nitrogens with one attached hydrogen (secondary N) is 3. The van der Waals surface area contributed by atoms with Crippen LogP contribution in [0.1, 0.15) is 26.3 Å². The van der Waals surface area contributed by atoms with E-state index in [9.17, 15) is 4.79 Å². The highest BCUT2D eigenvalue weighted by Crippen LogP contribution is 2.36. The van der Waals surface area contributed by atoms with Crippen LogP contribution in [0, 0.1) is 0 Å². The largest absolute Gasteiger partial charge is 0.495 e. The van der Waals surface area contributed by atoms with Crippen LogP contribution in [0.15, 0.2) is 48.5 Å². The summed E-state index contributed by atoms with van der Waals surface area (Å²) < 4.78 is 21.8. The summed E-state index contributed by atoms with van der Waals surface area (Å²) in [5, 5.41) is 3.46. The fraction of sp³-hybridized carbons (Fsp3) is 0.304. The van der Waals surface area contributed by atoms with Crippen molar-refractivity contribution in [2.45, 2.75) is 26.4 Å². The predicted octanol–water partition coefficient (Wildman–Crippen LogP) is 3.64. The zero-order chi connectivity index (χ0) is 23.1. The molecule has 0 saturated heterocycles. The van der Waals surface area contributed by atoms with Gasteiger partial charge in [0.1, 0.15) is 22.8 Å². The molecule has 0 aromatic heterocycles. The van der Waals surface area contributed by atoms with Crippen LogP contribution in [-0.2, 0) is 9.53 Å². The van der Waals surface area contributed by atoms with Gasteiger partial charge in [0.2, 0.25) is 0 Å². The van der Waals surface area contributed by atoms with Crippen molar-refractivity contribution in [2.24, 2.45) is 0 Å². The molecule has 0 bridgehead atoms. The molecule has 32 heavy (non-hydrogen) atoms. The standard InChI is InChI=1S/C23H27N3O5S/c1-5-29-21(27)14-30-15-10-11-19-16(12-15)18(13-23(2,3)31-19)25-26-22(32)24-17-8-6-7-9-20(17)28-4/h6-13,25H,5,14H2,1-4H3,(H2,24,26,32). The van der Waals surface area contributed by atoms with Crippen molar-refractivity contribution < 1.29 is 23.7 Å². The van der Waals surface area contributed by atoms with Crippen molar-refractivity contribution in [2.75, 3.05) is 25.6 Å². The number of ether oxygens (including phenoxy) is 4. The Hall–Kier alpha value is -3.46. The molecule has 0 radical (unpaired) electrons. The Kier molecular flexibility index (Phi) is 7.42. The van der Waals surface area contributed by atoms with Gasteiger partial charge in [-0.1, -0.05) is 12.1 Å². The van der Waals surface area contributed by atoms with Crippen molar-refractivity contribution in [1.29, 1.82) is 0 Å². The summed E-state index contributed by atoms with van der Waals surface area (Å²) in [4.78, 5) is 11.6. The van der Waals surface area contributed by atoms with E-state index >= 15 is 0 Å². The Balaban J connectivity index is 1.71. The third kappa shape index (κ3) is 6.04. The highest BCUT2D eigenvalue weighted by molar-refractivity contribution is 7.80. The number of carbonyl (C=O) groups excluding carboxylic acids is 1. The first-order chi connectivity index (χ1) is 15.3. The summed E-state index contributed by atoms with van der Waals surface area (Å²) in [5.41, 5.74) is 7.85. The van der Waals surface area contributed by atoms with E-state index in [1.54, 1.807) is 32.2 Å². The Bertz CT molecular complexity index is 1020. The number of anilines is 1. The molecule has 0 aliphatic carbocycles. The molecule has 0 fully saturated rings. The quantitative estimate of drug-likeness (QED) is 0.312. The van der Waals surface area contributed by atoms with E-state index < -0.39 is 11.6 Å². The van der Waals surface area contributed by atoms with Gasteiger partial charge in [0.05, 0.1) is 25.1 Å². The van der Waals surface area contributed by atoms with Crippen LogP contribution in [0.4, 0.5) is 5.69 Å². The molecule has 1 aliphatic heterocycles. The number of carbonyl (C=O) groups is 1. The smallest absolute Gasteiger partial charge is 0.344 e. The number of rotatable bonds is 8. The van der Waals surface area contributed by atoms with Gasteiger partial charge in [-0.15, -0.1) is 0 Å².